The largest absolute Gasteiger partial charge is 0.495 e. The number of unbranched alkanes of at least 4 members (excludes halogenated alkanes) is 1. The van der Waals surface area contributed by atoms with Crippen LogP contribution >= 0.6 is 0 Å². The molecule has 1 heterocycles. The maximum absolute atomic E-state index is 5.85. The first kappa shape index (κ1) is 21.5. The lowest BCUT2D eigenvalue weighted by atomic mass is 9.66. The summed E-state index contributed by atoms with van der Waals surface area (Å²) >= 11 is 0. The van der Waals surface area contributed by atoms with Gasteiger partial charge in [0.2, 0.25) is 0 Å². The molecule has 0 bridgehead atoms. The molecule has 3 heteroatoms. The Morgan fingerprint density at radius 2 is 1.68 bits per heavy atom. The molecule has 158 valence electrons. The van der Waals surface area contributed by atoms with Crippen LogP contribution in [0, 0.1) is 5.41 Å². The molecule has 0 spiro atoms. The minimum Gasteiger partial charge on any atom is -0.495 e. The predicted octanol–water partition coefficient (Wildman–Crippen LogP) is 6.08. The number of ether oxygens (including phenoxy) is 1. The Morgan fingerprint density at radius 3 is 2.25 bits per heavy atom. The second kappa shape index (κ2) is 10.0. The van der Waals surface area contributed by atoms with E-state index in [-0.39, 0.29) is 0 Å². The predicted molar refractivity (Wildman–Crippen MR) is 121 cm³/mol. The van der Waals surface area contributed by atoms with E-state index in [2.05, 4.69) is 48.8 Å². The molecule has 1 saturated heterocycles. The van der Waals surface area contributed by atoms with Gasteiger partial charge < -0.3 is 9.64 Å². The number of nitrogens with zero attached hydrogens (tertiary/aromatic N) is 2. The van der Waals surface area contributed by atoms with Crippen molar-refractivity contribution in [1.29, 1.82) is 0 Å². The normalized spacial score (nSPS) is 21.1. The zero-order valence-corrected chi connectivity index (χ0v) is 18.8. The number of hydrogen-bond acceptors (Lipinski definition) is 3. The van der Waals surface area contributed by atoms with Gasteiger partial charge in [-0.3, -0.25) is 4.90 Å². The van der Waals surface area contributed by atoms with Gasteiger partial charge in [0.25, 0.3) is 0 Å². The highest BCUT2D eigenvalue weighted by atomic mass is 16.5. The van der Waals surface area contributed by atoms with Crippen LogP contribution in [0.5, 0.6) is 5.75 Å². The molecule has 28 heavy (non-hydrogen) atoms. The molecule has 0 amide bonds. The van der Waals surface area contributed by atoms with Gasteiger partial charge in [-0.1, -0.05) is 46.1 Å². The van der Waals surface area contributed by atoms with Crippen LogP contribution < -0.4 is 9.64 Å². The number of hydrogen-bond donors (Lipinski definition) is 0. The van der Waals surface area contributed by atoms with E-state index in [9.17, 15) is 0 Å². The van der Waals surface area contributed by atoms with E-state index in [1.165, 1.54) is 82.3 Å². The number of rotatable bonds is 8. The van der Waals surface area contributed by atoms with Crippen LogP contribution in [0.1, 0.15) is 83.6 Å². The molecular formula is C25H42N2O. The third kappa shape index (κ3) is 4.84. The summed E-state index contributed by atoms with van der Waals surface area (Å²) in [4.78, 5) is 5.13. The fraction of sp³-hybridized carbons (Fsp3) is 0.760. The van der Waals surface area contributed by atoms with Gasteiger partial charge in [0, 0.05) is 26.2 Å². The lowest BCUT2D eigenvalue weighted by Gasteiger charge is -2.40. The maximum Gasteiger partial charge on any atom is 0.142 e. The Morgan fingerprint density at radius 1 is 1.00 bits per heavy atom. The SMILES string of the molecule is CCCCN1CCN(c2ccc(C3CCC(CC)(CC)CC3)cc2OC)CC1. The maximum atomic E-state index is 5.85. The molecular weight excluding hydrogens is 344 g/mol. The Hall–Kier alpha value is -1.22. The summed E-state index contributed by atoms with van der Waals surface area (Å²) in [5, 5.41) is 0. The van der Waals surface area contributed by atoms with Gasteiger partial charge in [-0.15, -0.1) is 0 Å². The molecule has 0 unspecified atom stereocenters. The summed E-state index contributed by atoms with van der Waals surface area (Å²) in [5.41, 5.74) is 3.38. The van der Waals surface area contributed by atoms with Crippen LogP contribution in [0.3, 0.4) is 0 Å². The van der Waals surface area contributed by atoms with Crippen LogP contribution in [0.15, 0.2) is 18.2 Å². The Kier molecular flexibility index (Phi) is 7.68. The Labute approximate surface area is 173 Å². The van der Waals surface area contributed by atoms with Crippen LogP contribution in [0.4, 0.5) is 5.69 Å². The van der Waals surface area contributed by atoms with Gasteiger partial charge in [-0.2, -0.15) is 0 Å². The van der Waals surface area contributed by atoms with Gasteiger partial charge >= 0.3 is 0 Å². The van der Waals surface area contributed by atoms with Crippen molar-refractivity contribution in [3.63, 3.8) is 0 Å². The summed E-state index contributed by atoms with van der Waals surface area (Å²) in [6.45, 7) is 12.8. The molecule has 1 aromatic carbocycles. The Balaban J connectivity index is 1.63. The molecule has 3 rings (SSSR count). The lowest BCUT2D eigenvalue weighted by molar-refractivity contribution is 0.159. The van der Waals surface area contributed by atoms with Crippen molar-refractivity contribution < 1.29 is 4.74 Å². The minimum absolute atomic E-state index is 0.609. The van der Waals surface area contributed by atoms with Crippen molar-refractivity contribution in [2.75, 3.05) is 44.7 Å². The molecule has 1 aromatic rings. The number of benzene rings is 1. The van der Waals surface area contributed by atoms with Crippen molar-refractivity contribution in [1.82, 2.24) is 4.90 Å². The van der Waals surface area contributed by atoms with Crippen molar-refractivity contribution >= 4 is 5.69 Å². The number of anilines is 1. The fourth-order valence-corrected chi connectivity index (χ4v) is 5.32. The van der Waals surface area contributed by atoms with E-state index >= 15 is 0 Å². The molecule has 1 aliphatic carbocycles. The third-order valence-electron chi connectivity index (χ3n) is 7.76. The van der Waals surface area contributed by atoms with E-state index in [4.69, 9.17) is 4.74 Å². The highest BCUT2D eigenvalue weighted by molar-refractivity contribution is 5.60. The van der Waals surface area contributed by atoms with Gasteiger partial charge in [0.1, 0.15) is 5.75 Å². The van der Waals surface area contributed by atoms with E-state index in [1.807, 2.05) is 7.11 Å². The Bertz CT molecular complexity index is 593. The highest BCUT2D eigenvalue weighted by Crippen LogP contribution is 2.47. The van der Waals surface area contributed by atoms with Crippen molar-refractivity contribution in [2.45, 2.75) is 78.1 Å². The molecule has 0 radical (unpaired) electrons. The minimum atomic E-state index is 0.609. The second-order valence-corrected chi connectivity index (χ2v) is 9.09. The number of methoxy groups -OCH3 is 1. The standard InChI is InChI=1S/C25H42N2O/c1-5-8-15-26-16-18-27(19-17-26)23-10-9-22(20-24(23)28-4)21-11-13-25(6-2,7-3)14-12-21/h9-10,20-21H,5-8,11-19H2,1-4H3. The first-order valence-corrected chi connectivity index (χ1v) is 11.8. The smallest absolute Gasteiger partial charge is 0.142 e. The summed E-state index contributed by atoms with van der Waals surface area (Å²) in [7, 11) is 1.83. The van der Waals surface area contributed by atoms with Crippen molar-refractivity contribution in [2.24, 2.45) is 5.41 Å². The first-order chi connectivity index (χ1) is 13.6. The van der Waals surface area contributed by atoms with Gasteiger partial charge in [-0.25, -0.2) is 0 Å². The van der Waals surface area contributed by atoms with Crippen LogP contribution in [0.2, 0.25) is 0 Å². The molecule has 0 N–H and O–H groups in total. The number of piperazine rings is 1. The molecule has 1 aliphatic heterocycles. The molecule has 1 saturated carbocycles. The fourth-order valence-electron chi connectivity index (χ4n) is 5.32. The average molecular weight is 387 g/mol. The van der Waals surface area contributed by atoms with Crippen LogP contribution in [-0.2, 0) is 0 Å². The van der Waals surface area contributed by atoms with Gasteiger partial charge in [-0.05, 0) is 67.7 Å². The summed E-state index contributed by atoms with van der Waals surface area (Å²) in [6.07, 6.45) is 10.7. The molecule has 2 aliphatic rings. The van der Waals surface area contributed by atoms with Crippen LogP contribution in [0.25, 0.3) is 0 Å². The molecule has 0 aromatic heterocycles. The van der Waals surface area contributed by atoms with Gasteiger partial charge in [0.05, 0.1) is 12.8 Å². The zero-order valence-electron chi connectivity index (χ0n) is 18.8. The average Bonchev–Trinajstić information content (AvgIpc) is 2.77. The second-order valence-electron chi connectivity index (χ2n) is 9.09. The quantitative estimate of drug-likeness (QED) is 0.538. The van der Waals surface area contributed by atoms with E-state index < -0.39 is 0 Å². The van der Waals surface area contributed by atoms with Crippen molar-refractivity contribution in [3.8, 4) is 5.75 Å². The summed E-state index contributed by atoms with van der Waals surface area (Å²) < 4.78 is 5.85. The molecule has 3 nitrogen and oxygen atoms in total. The first-order valence-electron chi connectivity index (χ1n) is 11.8. The zero-order chi connectivity index (χ0) is 20.0. The third-order valence-corrected chi connectivity index (χ3v) is 7.76. The summed E-state index contributed by atoms with van der Waals surface area (Å²) in [6, 6.07) is 7.06. The highest BCUT2D eigenvalue weighted by Gasteiger charge is 2.33. The van der Waals surface area contributed by atoms with Crippen molar-refractivity contribution in [3.05, 3.63) is 23.8 Å². The summed E-state index contributed by atoms with van der Waals surface area (Å²) in [5.74, 6) is 1.78. The molecule has 2 fully saturated rings. The topological polar surface area (TPSA) is 15.7 Å². The van der Waals surface area contributed by atoms with E-state index in [1.54, 1.807) is 0 Å². The van der Waals surface area contributed by atoms with E-state index in [0.29, 0.717) is 11.3 Å². The van der Waals surface area contributed by atoms with E-state index in [0.717, 1.165) is 18.8 Å². The van der Waals surface area contributed by atoms with Crippen LogP contribution in [-0.4, -0.2) is 44.7 Å². The lowest BCUT2D eigenvalue weighted by Crippen LogP contribution is -2.46. The molecule has 0 atom stereocenters. The monoisotopic (exact) mass is 386 g/mol. The van der Waals surface area contributed by atoms with Gasteiger partial charge in [0.15, 0.2) is 0 Å².